The van der Waals surface area contributed by atoms with Crippen LogP contribution in [0.25, 0.3) is 0 Å². The maximum Gasteiger partial charge on any atom is 0.292 e. The Hall–Kier alpha value is -1.97. The fourth-order valence-electron chi connectivity index (χ4n) is 1.49. The summed E-state index contributed by atoms with van der Waals surface area (Å²) in [6, 6.07) is 10.0. The average Bonchev–Trinajstić information content (AvgIpc) is 2.32. The lowest BCUT2D eigenvalue weighted by Crippen LogP contribution is -2.21. The number of amides is 1. The monoisotopic (exact) mass is 215 g/mol. The van der Waals surface area contributed by atoms with Gasteiger partial charge in [0.2, 0.25) is 0 Å². The van der Waals surface area contributed by atoms with E-state index in [-0.39, 0.29) is 5.91 Å². The molecular formula is C12H13N3O. The highest BCUT2D eigenvalue weighted by Gasteiger charge is 2.13. The molecule has 1 amide bonds. The van der Waals surface area contributed by atoms with E-state index < -0.39 is 0 Å². The third kappa shape index (κ3) is 2.34. The van der Waals surface area contributed by atoms with E-state index in [0.717, 1.165) is 5.70 Å². The van der Waals surface area contributed by atoms with E-state index in [2.05, 4.69) is 15.5 Å². The lowest BCUT2D eigenvalue weighted by atomic mass is 10.2. The van der Waals surface area contributed by atoms with E-state index in [0.29, 0.717) is 18.7 Å². The van der Waals surface area contributed by atoms with E-state index >= 15 is 0 Å². The summed E-state index contributed by atoms with van der Waals surface area (Å²) in [5, 5.41) is 10.5. The third-order valence-corrected chi connectivity index (χ3v) is 2.51. The van der Waals surface area contributed by atoms with E-state index in [1.807, 2.05) is 30.3 Å². The van der Waals surface area contributed by atoms with Crippen molar-refractivity contribution in [3.05, 3.63) is 47.2 Å². The molecule has 0 fully saturated rings. The van der Waals surface area contributed by atoms with Crippen molar-refractivity contribution in [3.8, 4) is 0 Å². The molecule has 0 radical (unpaired) electrons. The molecule has 0 atom stereocenters. The summed E-state index contributed by atoms with van der Waals surface area (Å²) in [6.45, 7) is 2.94. The van der Waals surface area contributed by atoms with Crippen LogP contribution in [-0.2, 0) is 11.3 Å². The van der Waals surface area contributed by atoms with Gasteiger partial charge >= 0.3 is 0 Å². The van der Waals surface area contributed by atoms with Crippen LogP contribution in [0, 0.1) is 0 Å². The second-order valence-electron chi connectivity index (χ2n) is 3.65. The summed E-state index contributed by atoms with van der Waals surface area (Å²) in [5.74, 6) is -0.248. The van der Waals surface area contributed by atoms with Gasteiger partial charge in [0.05, 0.1) is 0 Å². The minimum absolute atomic E-state index is 0.248. The quantitative estimate of drug-likeness (QED) is 0.838. The summed E-state index contributed by atoms with van der Waals surface area (Å²) in [5.41, 5.74) is 2.70. The number of carbonyl (C=O) groups excluding carboxylic acids is 1. The second kappa shape index (κ2) is 4.70. The highest BCUT2D eigenvalue weighted by molar-refractivity contribution is 5.94. The van der Waals surface area contributed by atoms with Gasteiger partial charge in [-0.2, -0.15) is 5.11 Å². The van der Waals surface area contributed by atoms with Crippen LogP contribution in [0.5, 0.6) is 0 Å². The van der Waals surface area contributed by atoms with E-state index in [9.17, 15) is 4.79 Å². The lowest BCUT2D eigenvalue weighted by molar-refractivity contribution is -0.115. The molecule has 16 heavy (non-hydrogen) atoms. The first-order valence-electron chi connectivity index (χ1n) is 5.17. The Morgan fingerprint density at radius 2 is 2.06 bits per heavy atom. The molecule has 0 saturated heterocycles. The highest BCUT2D eigenvalue weighted by atomic mass is 16.1. The van der Waals surface area contributed by atoms with Gasteiger partial charge < -0.3 is 5.32 Å². The Labute approximate surface area is 94.1 Å². The largest absolute Gasteiger partial charge is 0.382 e. The number of hydrogen-bond donors (Lipinski definition) is 1. The molecular weight excluding hydrogens is 202 g/mol. The third-order valence-electron chi connectivity index (χ3n) is 2.51. The predicted molar refractivity (Wildman–Crippen MR) is 60.7 cm³/mol. The number of azo groups is 1. The first kappa shape index (κ1) is 10.5. The van der Waals surface area contributed by atoms with Crippen LogP contribution in [0.1, 0.15) is 12.5 Å². The molecule has 82 valence electrons. The van der Waals surface area contributed by atoms with Gasteiger partial charge in [0.25, 0.3) is 5.91 Å². The first-order valence-corrected chi connectivity index (χ1v) is 5.17. The molecule has 0 aliphatic carbocycles. The number of rotatable bonds is 3. The van der Waals surface area contributed by atoms with Crippen molar-refractivity contribution in [2.24, 2.45) is 10.2 Å². The Balaban J connectivity index is 2.01. The minimum Gasteiger partial charge on any atom is -0.382 e. The van der Waals surface area contributed by atoms with Crippen molar-refractivity contribution in [1.82, 2.24) is 5.32 Å². The fourth-order valence-corrected chi connectivity index (χ4v) is 1.49. The molecule has 4 nitrogen and oxygen atoms in total. The zero-order valence-corrected chi connectivity index (χ0v) is 9.10. The van der Waals surface area contributed by atoms with Crippen molar-refractivity contribution in [2.75, 3.05) is 6.54 Å². The molecule has 0 saturated carbocycles. The van der Waals surface area contributed by atoms with Crippen LogP contribution < -0.4 is 5.32 Å². The summed E-state index contributed by atoms with van der Waals surface area (Å²) in [4.78, 5) is 11.3. The van der Waals surface area contributed by atoms with Crippen LogP contribution in [0.4, 0.5) is 0 Å². The molecule has 1 N–H and O–H groups in total. The number of nitrogens with one attached hydrogen (secondary N) is 1. The minimum atomic E-state index is -0.248. The normalized spacial score (nSPS) is 15.4. The SMILES string of the molecule is CC1=C(NCc2ccccc2)CN=NC1=O. The summed E-state index contributed by atoms with van der Waals surface area (Å²) >= 11 is 0. The van der Waals surface area contributed by atoms with Crippen LogP contribution >= 0.6 is 0 Å². The maximum absolute atomic E-state index is 11.3. The van der Waals surface area contributed by atoms with Crippen LogP contribution in [0.3, 0.4) is 0 Å². The maximum atomic E-state index is 11.3. The van der Waals surface area contributed by atoms with Crippen molar-refractivity contribution in [2.45, 2.75) is 13.5 Å². The zero-order valence-electron chi connectivity index (χ0n) is 9.10. The van der Waals surface area contributed by atoms with Gasteiger partial charge in [-0.3, -0.25) is 4.79 Å². The van der Waals surface area contributed by atoms with E-state index in [1.54, 1.807) is 6.92 Å². The molecule has 0 unspecified atom stereocenters. The van der Waals surface area contributed by atoms with Crippen molar-refractivity contribution in [1.29, 1.82) is 0 Å². The average molecular weight is 215 g/mol. The van der Waals surface area contributed by atoms with Crippen LogP contribution in [0.2, 0.25) is 0 Å². The van der Waals surface area contributed by atoms with E-state index in [4.69, 9.17) is 0 Å². The molecule has 0 bridgehead atoms. The number of nitrogens with zero attached hydrogens (tertiary/aromatic N) is 2. The molecule has 1 aliphatic rings. The molecule has 2 rings (SSSR count). The number of benzene rings is 1. The molecule has 1 heterocycles. The summed E-state index contributed by atoms with van der Waals surface area (Å²) < 4.78 is 0. The van der Waals surface area contributed by atoms with Crippen LogP contribution in [0.15, 0.2) is 51.8 Å². The van der Waals surface area contributed by atoms with Gasteiger partial charge in [0.15, 0.2) is 0 Å². The fraction of sp³-hybridized carbons (Fsp3) is 0.250. The van der Waals surface area contributed by atoms with Gasteiger partial charge in [0.1, 0.15) is 6.54 Å². The standard InChI is InChI=1S/C12H13N3O/c1-9-11(8-14-15-12(9)16)13-7-10-5-3-2-4-6-10/h2-6,13H,7-8H2,1H3. The first-order chi connectivity index (χ1) is 7.77. The van der Waals surface area contributed by atoms with Gasteiger partial charge in [-0.25, -0.2) is 0 Å². The Bertz CT molecular complexity index is 449. The van der Waals surface area contributed by atoms with E-state index in [1.165, 1.54) is 5.56 Å². The smallest absolute Gasteiger partial charge is 0.292 e. The number of carbonyl (C=O) groups is 1. The summed E-state index contributed by atoms with van der Waals surface area (Å²) in [7, 11) is 0. The van der Waals surface area contributed by atoms with Crippen molar-refractivity contribution >= 4 is 5.91 Å². The van der Waals surface area contributed by atoms with Gasteiger partial charge in [-0.15, -0.1) is 5.11 Å². The molecule has 4 heteroatoms. The van der Waals surface area contributed by atoms with Crippen molar-refractivity contribution in [3.63, 3.8) is 0 Å². The van der Waals surface area contributed by atoms with Crippen LogP contribution in [-0.4, -0.2) is 12.5 Å². The van der Waals surface area contributed by atoms with Gasteiger partial charge in [-0.1, -0.05) is 30.3 Å². The highest BCUT2D eigenvalue weighted by Crippen LogP contribution is 2.10. The topological polar surface area (TPSA) is 53.8 Å². The number of hydrogen-bond acceptors (Lipinski definition) is 3. The zero-order chi connectivity index (χ0) is 11.4. The Morgan fingerprint density at radius 1 is 1.31 bits per heavy atom. The predicted octanol–water partition coefficient (Wildman–Crippen LogP) is 2.04. The Kier molecular flexibility index (Phi) is 3.10. The second-order valence-corrected chi connectivity index (χ2v) is 3.65. The lowest BCUT2D eigenvalue weighted by Gasteiger charge is -2.13. The Morgan fingerprint density at radius 3 is 2.81 bits per heavy atom. The molecule has 1 aromatic rings. The van der Waals surface area contributed by atoms with Gasteiger partial charge in [-0.05, 0) is 12.5 Å². The molecule has 1 aromatic carbocycles. The van der Waals surface area contributed by atoms with Crippen molar-refractivity contribution < 1.29 is 4.79 Å². The molecule has 0 aromatic heterocycles. The molecule has 0 spiro atoms. The van der Waals surface area contributed by atoms with Gasteiger partial charge in [0, 0.05) is 17.8 Å². The summed E-state index contributed by atoms with van der Waals surface area (Å²) in [6.07, 6.45) is 0. The molecule has 1 aliphatic heterocycles.